The molecule has 4 rings (SSSR count). The van der Waals surface area contributed by atoms with Gasteiger partial charge in [0.2, 0.25) is 5.91 Å². The van der Waals surface area contributed by atoms with Crippen molar-refractivity contribution in [1.82, 2.24) is 9.78 Å². The van der Waals surface area contributed by atoms with Gasteiger partial charge in [0, 0.05) is 48.7 Å². The largest absolute Gasteiger partial charge is 0.371 e. The molecule has 0 atom stereocenters. The predicted molar refractivity (Wildman–Crippen MR) is 119 cm³/mol. The lowest BCUT2D eigenvalue weighted by Gasteiger charge is -2.32. The van der Waals surface area contributed by atoms with Crippen LogP contribution in [0.25, 0.3) is 5.69 Å². The number of primary amides is 1. The van der Waals surface area contributed by atoms with Gasteiger partial charge in [-0.1, -0.05) is 6.07 Å². The zero-order chi connectivity index (χ0) is 22.7. The zero-order valence-electron chi connectivity index (χ0n) is 17.2. The molecule has 0 saturated carbocycles. The number of nitrogens with two attached hydrogens (primary N) is 1. The number of nitrogens with zero attached hydrogens (tertiary/aromatic N) is 4. The molecule has 0 radical (unpaired) electrons. The van der Waals surface area contributed by atoms with Gasteiger partial charge in [-0.15, -0.1) is 0 Å². The van der Waals surface area contributed by atoms with Gasteiger partial charge in [0.05, 0.1) is 10.6 Å². The Morgan fingerprint density at radius 3 is 2.44 bits per heavy atom. The van der Waals surface area contributed by atoms with Crippen molar-refractivity contribution in [2.75, 3.05) is 23.3 Å². The number of nitro benzene ring substituents is 1. The van der Waals surface area contributed by atoms with Gasteiger partial charge in [-0.05, 0) is 49.2 Å². The summed E-state index contributed by atoms with van der Waals surface area (Å²) < 4.78 is 1.42. The lowest BCUT2D eigenvalue weighted by molar-refractivity contribution is -0.384. The number of benzene rings is 2. The van der Waals surface area contributed by atoms with Crippen LogP contribution in [0.3, 0.4) is 0 Å². The molecule has 2 amide bonds. The molecule has 3 aromatic rings. The molecule has 0 bridgehead atoms. The molecule has 1 saturated heterocycles. The summed E-state index contributed by atoms with van der Waals surface area (Å²) in [7, 11) is 0. The first-order valence-electron chi connectivity index (χ1n) is 10.2. The second kappa shape index (κ2) is 8.88. The van der Waals surface area contributed by atoms with E-state index in [2.05, 4.69) is 15.3 Å². The maximum atomic E-state index is 12.6. The van der Waals surface area contributed by atoms with Crippen LogP contribution in [-0.4, -0.2) is 39.6 Å². The second-order valence-corrected chi connectivity index (χ2v) is 7.59. The number of hydrogen-bond donors (Lipinski definition) is 2. The van der Waals surface area contributed by atoms with Gasteiger partial charge < -0.3 is 16.0 Å². The fourth-order valence-electron chi connectivity index (χ4n) is 3.71. The van der Waals surface area contributed by atoms with Gasteiger partial charge in [0.25, 0.3) is 11.6 Å². The predicted octanol–water partition coefficient (Wildman–Crippen LogP) is 2.73. The molecule has 164 valence electrons. The van der Waals surface area contributed by atoms with Crippen LogP contribution >= 0.6 is 0 Å². The van der Waals surface area contributed by atoms with Gasteiger partial charge in [-0.25, -0.2) is 4.68 Å². The maximum absolute atomic E-state index is 12.6. The van der Waals surface area contributed by atoms with Crippen molar-refractivity contribution in [2.45, 2.75) is 12.8 Å². The highest BCUT2D eigenvalue weighted by atomic mass is 16.6. The summed E-state index contributed by atoms with van der Waals surface area (Å²) in [4.78, 5) is 36.5. The highest BCUT2D eigenvalue weighted by Gasteiger charge is 2.23. The Hall–Kier alpha value is -4.21. The van der Waals surface area contributed by atoms with Crippen LogP contribution < -0.4 is 16.0 Å². The van der Waals surface area contributed by atoms with E-state index < -0.39 is 4.92 Å². The first kappa shape index (κ1) is 21.0. The molecule has 2 heterocycles. The quantitative estimate of drug-likeness (QED) is 0.452. The molecule has 0 aliphatic carbocycles. The van der Waals surface area contributed by atoms with Gasteiger partial charge in [-0.2, -0.15) is 5.10 Å². The van der Waals surface area contributed by atoms with Gasteiger partial charge in [0.1, 0.15) is 0 Å². The molecule has 0 spiro atoms. The van der Waals surface area contributed by atoms with Crippen molar-refractivity contribution >= 4 is 28.9 Å². The molecule has 3 N–H and O–H groups in total. The Labute approximate surface area is 183 Å². The van der Waals surface area contributed by atoms with E-state index in [1.54, 1.807) is 24.4 Å². The normalized spacial score (nSPS) is 14.2. The Bertz CT molecular complexity index is 1150. The third kappa shape index (κ3) is 4.59. The van der Waals surface area contributed by atoms with Gasteiger partial charge in [-0.3, -0.25) is 19.7 Å². The van der Waals surface area contributed by atoms with Gasteiger partial charge >= 0.3 is 0 Å². The number of nitro groups is 1. The summed E-state index contributed by atoms with van der Waals surface area (Å²) in [5.74, 6) is -0.688. The first-order valence-corrected chi connectivity index (χ1v) is 10.2. The van der Waals surface area contributed by atoms with Crippen LogP contribution in [0.1, 0.15) is 23.3 Å². The monoisotopic (exact) mass is 434 g/mol. The molecule has 10 nitrogen and oxygen atoms in total. The minimum Gasteiger partial charge on any atom is -0.371 e. The van der Waals surface area contributed by atoms with Crippen molar-refractivity contribution < 1.29 is 14.5 Å². The number of non-ortho nitro benzene ring substituents is 1. The number of nitrogens with one attached hydrogen (secondary N) is 1. The molecule has 1 aliphatic heterocycles. The van der Waals surface area contributed by atoms with Crippen LogP contribution in [0.5, 0.6) is 0 Å². The fourth-order valence-corrected chi connectivity index (χ4v) is 3.71. The third-order valence-electron chi connectivity index (χ3n) is 5.51. The average Bonchev–Trinajstić information content (AvgIpc) is 3.30. The van der Waals surface area contributed by atoms with E-state index in [9.17, 15) is 19.7 Å². The number of carbonyl (C=O) groups excluding carboxylic acids is 2. The van der Waals surface area contributed by atoms with Crippen LogP contribution in [0.2, 0.25) is 0 Å². The summed E-state index contributed by atoms with van der Waals surface area (Å²) in [6, 6.07) is 15.0. The SMILES string of the molecule is NC(=O)C1CCN(c2ccc(NC(=O)c3ccn(-c4cccc([N+](=O)[O-])c4)n3)cc2)CC1. The topological polar surface area (TPSA) is 136 Å². The second-order valence-electron chi connectivity index (χ2n) is 7.59. The molecule has 32 heavy (non-hydrogen) atoms. The number of aromatic nitrogens is 2. The summed E-state index contributed by atoms with van der Waals surface area (Å²) in [5.41, 5.74) is 7.65. The highest BCUT2D eigenvalue weighted by Crippen LogP contribution is 2.25. The Morgan fingerprint density at radius 2 is 1.78 bits per heavy atom. The third-order valence-corrected chi connectivity index (χ3v) is 5.51. The minimum atomic E-state index is -0.482. The van der Waals surface area contributed by atoms with Crippen LogP contribution in [0.15, 0.2) is 60.8 Å². The fraction of sp³-hybridized carbons (Fsp3) is 0.227. The molecule has 2 aromatic carbocycles. The Morgan fingerprint density at radius 1 is 1.06 bits per heavy atom. The molecule has 1 aliphatic rings. The van der Waals surface area contributed by atoms with Crippen molar-refractivity contribution in [3.63, 3.8) is 0 Å². The van der Waals surface area contributed by atoms with Crippen LogP contribution in [-0.2, 0) is 4.79 Å². The van der Waals surface area contributed by atoms with Crippen molar-refractivity contribution in [2.24, 2.45) is 11.7 Å². The van der Waals surface area contributed by atoms with Crippen molar-refractivity contribution in [3.8, 4) is 5.69 Å². The van der Waals surface area contributed by atoms with Crippen molar-refractivity contribution in [3.05, 3.63) is 76.6 Å². The molecule has 0 unspecified atom stereocenters. The summed E-state index contributed by atoms with van der Waals surface area (Å²) in [6.07, 6.45) is 3.05. The van der Waals surface area contributed by atoms with E-state index in [0.717, 1.165) is 31.6 Å². The van der Waals surface area contributed by atoms with Gasteiger partial charge in [0.15, 0.2) is 5.69 Å². The number of amides is 2. The minimum absolute atomic E-state index is 0.0528. The number of anilines is 2. The Kier molecular flexibility index (Phi) is 5.84. The summed E-state index contributed by atoms with van der Waals surface area (Å²) >= 11 is 0. The average molecular weight is 434 g/mol. The number of carbonyl (C=O) groups is 2. The molecule has 1 fully saturated rings. The smallest absolute Gasteiger partial charge is 0.276 e. The van der Waals surface area contributed by atoms with Crippen LogP contribution in [0, 0.1) is 16.0 Å². The highest BCUT2D eigenvalue weighted by molar-refractivity contribution is 6.02. The van der Waals surface area contributed by atoms with E-state index in [1.165, 1.54) is 16.8 Å². The first-order chi connectivity index (χ1) is 15.4. The number of piperidine rings is 1. The molecule has 10 heteroatoms. The molecular weight excluding hydrogens is 412 g/mol. The lowest BCUT2D eigenvalue weighted by Crippen LogP contribution is -2.38. The summed E-state index contributed by atoms with van der Waals surface area (Å²) in [5, 5.41) is 18.0. The van der Waals surface area contributed by atoms with E-state index in [1.807, 2.05) is 24.3 Å². The van der Waals surface area contributed by atoms with Crippen LogP contribution in [0.4, 0.5) is 17.1 Å². The van der Waals surface area contributed by atoms with E-state index in [0.29, 0.717) is 11.4 Å². The molecular formula is C22H22N6O4. The summed E-state index contributed by atoms with van der Waals surface area (Å²) in [6.45, 7) is 1.52. The van der Waals surface area contributed by atoms with E-state index in [4.69, 9.17) is 5.73 Å². The van der Waals surface area contributed by atoms with Crippen molar-refractivity contribution in [1.29, 1.82) is 0 Å². The van der Waals surface area contributed by atoms with E-state index in [-0.39, 0.29) is 29.1 Å². The lowest BCUT2D eigenvalue weighted by atomic mass is 9.96. The van der Waals surface area contributed by atoms with E-state index >= 15 is 0 Å². The molecule has 1 aromatic heterocycles. The Balaban J connectivity index is 1.39. The zero-order valence-corrected chi connectivity index (χ0v) is 17.2. The number of rotatable bonds is 6. The standard InChI is InChI=1S/C22H22N6O4/c23-21(29)15-8-11-26(12-9-15)17-6-4-16(5-7-17)24-22(30)20-10-13-27(25-20)18-2-1-3-19(14-18)28(31)32/h1-7,10,13-15H,8-9,11-12H2,(H2,23,29)(H,24,30). The maximum Gasteiger partial charge on any atom is 0.276 e. The number of hydrogen-bond acceptors (Lipinski definition) is 6.